The Kier molecular flexibility index (Phi) is 4.53. The van der Waals surface area contributed by atoms with Crippen molar-refractivity contribution in [3.8, 4) is 11.1 Å². The average Bonchev–Trinajstić information content (AvgIpc) is 2.70. The van der Waals surface area contributed by atoms with Crippen LogP contribution in [0.5, 0.6) is 0 Å². The molecule has 2 unspecified atom stereocenters. The van der Waals surface area contributed by atoms with Crippen LogP contribution in [0.2, 0.25) is 5.02 Å². The lowest BCUT2D eigenvalue weighted by Crippen LogP contribution is -2.47. The number of rotatable bonds is 3. The second-order valence-corrected chi connectivity index (χ2v) is 8.34. The molecule has 0 radical (unpaired) electrons. The van der Waals surface area contributed by atoms with E-state index in [1.165, 1.54) is 12.1 Å². The van der Waals surface area contributed by atoms with E-state index < -0.39 is 0 Å². The number of benzene rings is 1. The molecule has 4 heterocycles. The van der Waals surface area contributed by atoms with Crippen molar-refractivity contribution in [1.29, 1.82) is 0 Å². The van der Waals surface area contributed by atoms with Crippen molar-refractivity contribution in [2.24, 2.45) is 5.92 Å². The van der Waals surface area contributed by atoms with Crippen LogP contribution in [0.3, 0.4) is 0 Å². The normalized spacial score (nSPS) is 21.3. The van der Waals surface area contributed by atoms with Crippen molar-refractivity contribution in [3.05, 3.63) is 87.6 Å². The molecule has 3 aromatic rings. The molecule has 5 heteroatoms. The van der Waals surface area contributed by atoms with Crippen molar-refractivity contribution in [3.63, 3.8) is 0 Å². The van der Waals surface area contributed by atoms with Gasteiger partial charge in [0.05, 0.1) is 5.69 Å². The van der Waals surface area contributed by atoms with Crippen LogP contribution in [0.1, 0.15) is 23.7 Å². The van der Waals surface area contributed by atoms with E-state index in [0.717, 1.165) is 43.0 Å². The van der Waals surface area contributed by atoms with Crippen LogP contribution in [0, 0.1) is 5.92 Å². The maximum atomic E-state index is 13.2. The van der Waals surface area contributed by atoms with E-state index in [4.69, 9.17) is 11.6 Å². The van der Waals surface area contributed by atoms with Crippen molar-refractivity contribution >= 4 is 11.6 Å². The number of hydrogen-bond acceptors (Lipinski definition) is 3. The molecule has 2 aromatic heterocycles. The van der Waals surface area contributed by atoms with Gasteiger partial charge < -0.3 is 4.57 Å². The first-order valence-electron chi connectivity index (χ1n) is 9.79. The second kappa shape index (κ2) is 7.19. The first-order valence-corrected chi connectivity index (χ1v) is 10.2. The van der Waals surface area contributed by atoms with E-state index in [1.807, 2.05) is 53.2 Å². The number of nitrogens with zero attached hydrogens (tertiary/aromatic N) is 3. The van der Waals surface area contributed by atoms with Crippen molar-refractivity contribution < 1.29 is 0 Å². The van der Waals surface area contributed by atoms with Crippen LogP contribution in [-0.2, 0) is 13.1 Å². The van der Waals surface area contributed by atoms with Crippen LogP contribution < -0.4 is 5.56 Å². The molecule has 142 valence electrons. The predicted octanol–water partition coefficient (Wildman–Crippen LogP) is 4.18. The SMILES string of the molecule is O=c1c(-c2ccc(Cl)cc2)ccc2n1CC1CC2CN(Cc2ccccn2)C1. The Morgan fingerprint density at radius 3 is 2.64 bits per heavy atom. The maximum Gasteiger partial charge on any atom is 0.258 e. The summed E-state index contributed by atoms with van der Waals surface area (Å²) in [4.78, 5) is 20.2. The predicted molar refractivity (Wildman–Crippen MR) is 112 cm³/mol. The number of halogens is 1. The Morgan fingerprint density at radius 2 is 1.86 bits per heavy atom. The Labute approximate surface area is 169 Å². The van der Waals surface area contributed by atoms with E-state index in [0.29, 0.717) is 16.9 Å². The Bertz CT molecular complexity index is 1050. The van der Waals surface area contributed by atoms with Gasteiger partial charge in [0, 0.05) is 54.6 Å². The van der Waals surface area contributed by atoms with Gasteiger partial charge in [-0.15, -0.1) is 0 Å². The molecular weight excluding hydrogens is 370 g/mol. The molecule has 2 atom stereocenters. The van der Waals surface area contributed by atoms with Crippen molar-refractivity contribution in [2.45, 2.75) is 25.4 Å². The molecule has 4 nitrogen and oxygen atoms in total. The van der Waals surface area contributed by atoms with Gasteiger partial charge in [-0.1, -0.05) is 29.8 Å². The fourth-order valence-corrected chi connectivity index (χ4v) is 4.87. The lowest BCUT2D eigenvalue weighted by Gasteiger charge is -2.42. The van der Waals surface area contributed by atoms with Gasteiger partial charge in [0.2, 0.25) is 0 Å². The third kappa shape index (κ3) is 3.27. The summed E-state index contributed by atoms with van der Waals surface area (Å²) >= 11 is 6.00. The summed E-state index contributed by atoms with van der Waals surface area (Å²) in [5, 5.41) is 0.685. The molecule has 1 fully saturated rings. The minimum Gasteiger partial charge on any atom is -0.311 e. The summed E-state index contributed by atoms with van der Waals surface area (Å²) in [6, 6.07) is 17.7. The number of fused-ring (bicyclic) bond motifs is 4. The van der Waals surface area contributed by atoms with Gasteiger partial charge in [-0.3, -0.25) is 14.7 Å². The van der Waals surface area contributed by atoms with Crippen LogP contribution in [0.15, 0.2) is 65.6 Å². The highest BCUT2D eigenvalue weighted by atomic mass is 35.5. The van der Waals surface area contributed by atoms with Crippen LogP contribution in [0.4, 0.5) is 0 Å². The summed E-state index contributed by atoms with van der Waals surface area (Å²) in [5.74, 6) is 0.913. The Balaban J connectivity index is 1.44. The van der Waals surface area contributed by atoms with Gasteiger partial charge in [0.15, 0.2) is 0 Å². The third-order valence-electron chi connectivity index (χ3n) is 5.95. The molecule has 28 heavy (non-hydrogen) atoms. The lowest BCUT2D eigenvalue weighted by atomic mass is 9.82. The molecule has 0 N–H and O–H groups in total. The number of likely N-dealkylation sites (tertiary alicyclic amines) is 1. The highest BCUT2D eigenvalue weighted by Gasteiger charge is 2.35. The molecule has 5 rings (SSSR count). The zero-order chi connectivity index (χ0) is 19.1. The smallest absolute Gasteiger partial charge is 0.258 e. The fraction of sp³-hybridized carbons (Fsp3) is 0.304. The molecule has 2 aliphatic heterocycles. The largest absolute Gasteiger partial charge is 0.311 e. The molecule has 1 aromatic carbocycles. The summed E-state index contributed by atoms with van der Waals surface area (Å²) in [6.07, 6.45) is 3.02. The van der Waals surface area contributed by atoms with E-state index in [2.05, 4.69) is 22.0 Å². The Morgan fingerprint density at radius 1 is 1.00 bits per heavy atom. The van der Waals surface area contributed by atoms with E-state index >= 15 is 0 Å². The quantitative estimate of drug-likeness (QED) is 0.672. The molecule has 2 aliphatic rings. The molecule has 0 saturated carbocycles. The number of piperidine rings is 1. The van der Waals surface area contributed by atoms with Crippen LogP contribution in [0.25, 0.3) is 11.1 Å². The van der Waals surface area contributed by atoms with Crippen molar-refractivity contribution in [1.82, 2.24) is 14.5 Å². The van der Waals surface area contributed by atoms with Gasteiger partial charge >= 0.3 is 0 Å². The fourth-order valence-electron chi connectivity index (χ4n) is 4.74. The third-order valence-corrected chi connectivity index (χ3v) is 6.20. The zero-order valence-electron chi connectivity index (χ0n) is 15.6. The standard InChI is InChI=1S/C23H22ClN3O/c24-19-6-4-17(5-7-19)21-8-9-22-18-11-16(13-27(22)23(21)28)12-26(14-18)15-20-3-1-2-10-25-20/h1-10,16,18H,11-15H2. The van der Waals surface area contributed by atoms with Crippen LogP contribution in [-0.4, -0.2) is 27.5 Å². The van der Waals surface area contributed by atoms with Gasteiger partial charge in [-0.2, -0.15) is 0 Å². The monoisotopic (exact) mass is 391 g/mol. The summed E-state index contributed by atoms with van der Waals surface area (Å²) in [6.45, 7) is 3.67. The van der Waals surface area contributed by atoms with Gasteiger partial charge in [-0.25, -0.2) is 0 Å². The summed E-state index contributed by atoms with van der Waals surface area (Å²) in [5.41, 5.74) is 4.08. The zero-order valence-corrected chi connectivity index (χ0v) is 16.3. The average molecular weight is 392 g/mol. The van der Waals surface area contributed by atoms with E-state index in [1.54, 1.807) is 0 Å². The topological polar surface area (TPSA) is 38.1 Å². The van der Waals surface area contributed by atoms with E-state index in [-0.39, 0.29) is 5.56 Å². The first kappa shape index (κ1) is 17.7. The molecule has 0 amide bonds. The highest BCUT2D eigenvalue weighted by Crippen LogP contribution is 2.36. The summed E-state index contributed by atoms with van der Waals surface area (Å²) in [7, 11) is 0. The van der Waals surface area contributed by atoms with Gasteiger partial charge in [0.25, 0.3) is 5.56 Å². The molecular formula is C23H22ClN3O. The van der Waals surface area contributed by atoms with Crippen molar-refractivity contribution in [2.75, 3.05) is 13.1 Å². The highest BCUT2D eigenvalue weighted by molar-refractivity contribution is 6.30. The molecule has 0 aliphatic carbocycles. The van der Waals surface area contributed by atoms with Gasteiger partial charge in [-0.05, 0) is 54.3 Å². The minimum atomic E-state index is 0.118. The molecule has 0 spiro atoms. The number of pyridine rings is 2. The Hall–Kier alpha value is -2.43. The lowest BCUT2D eigenvalue weighted by molar-refractivity contribution is 0.113. The number of hydrogen-bond donors (Lipinski definition) is 0. The number of aromatic nitrogens is 2. The van der Waals surface area contributed by atoms with Crippen LogP contribution >= 0.6 is 11.6 Å². The molecule has 1 saturated heterocycles. The van der Waals surface area contributed by atoms with Gasteiger partial charge in [0.1, 0.15) is 0 Å². The summed E-state index contributed by atoms with van der Waals surface area (Å²) < 4.78 is 2.01. The second-order valence-electron chi connectivity index (χ2n) is 7.91. The maximum absolute atomic E-state index is 13.2. The molecule has 2 bridgehead atoms. The minimum absolute atomic E-state index is 0.118. The first-order chi connectivity index (χ1) is 13.7. The van der Waals surface area contributed by atoms with E-state index in [9.17, 15) is 4.79 Å².